The Bertz CT molecular complexity index is 713. The molecule has 0 radical (unpaired) electrons. The summed E-state index contributed by atoms with van der Waals surface area (Å²) in [6.07, 6.45) is 1.19. The lowest BCUT2D eigenvalue weighted by atomic mass is 9.96. The fourth-order valence-electron chi connectivity index (χ4n) is 2.76. The van der Waals surface area contributed by atoms with E-state index in [2.05, 4.69) is 5.16 Å². The summed E-state index contributed by atoms with van der Waals surface area (Å²) in [6.45, 7) is 3.03. The van der Waals surface area contributed by atoms with Crippen LogP contribution in [0, 0.1) is 12.8 Å². The van der Waals surface area contributed by atoms with Gasteiger partial charge in [0.25, 0.3) is 5.91 Å². The number of amides is 2. The van der Waals surface area contributed by atoms with E-state index in [9.17, 15) is 9.59 Å². The third-order valence-corrected chi connectivity index (χ3v) is 4.25. The highest BCUT2D eigenvalue weighted by Gasteiger charge is 2.28. The molecule has 3 rings (SSSR count). The minimum atomic E-state index is -0.293. The monoisotopic (exact) mass is 313 g/mol. The summed E-state index contributed by atoms with van der Waals surface area (Å²) >= 11 is 0. The first kappa shape index (κ1) is 15.3. The topological polar surface area (TPSA) is 89.4 Å². The van der Waals surface area contributed by atoms with Gasteiger partial charge in [0.1, 0.15) is 5.69 Å². The third-order valence-electron chi connectivity index (χ3n) is 4.25. The summed E-state index contributed by atoms with van der Waals surface area (Å²) in [5.41, 5.74) is 8.01. The molecule has 0 saturated carbocycles. The van der Waals surface area contributed by atoms with Crippen molar-refractivity contribution in [3.63, 3.8) is 0 Å². The van der Waals surface area contributed by atoms with E-state index >= 15 is 0 Å². The Kier molecular flexibility index (Phi) is 4.14. The molecule has 0 aliphatic carbocycles. The minimum absolute atomic E-state index is 0.142. The van der Waals surface area contributed by atoms with E-state index in [0.29, 0.717) is 31.6 Å². The third kappa shape index (κ3) is 3.26. The fraction of sp³-hybridized carbons (Fsp3) is 0.353. The second kappa shape index (κ2) is 6.24. The van der Waals surface area contributed by atoms with Crippen LogP contribution in [-0.2, 0) is 4.79 Å². The van der Waals surface area contributed by atoms with Crippen LogP contribution in [0.25, 0.3) is 11.3 Å². The Morgan fingerprint density at radius 1 is 1.22 bits per heavy atom. The number of nitrogens with two attached hydrogens (primary N) is 1. The van der Waals surface area contributed by atoms with E-state index in [0.717, 1.165) is 11.1 Å². The predicted octanol–water partition coefficient (Wildman–Crippen LogP) is 1.99. The number of likely N-dealkylation sites (tertiary alicyclic amines) is 1. The van der Waals surface area contributed by atoms with Crippen LogP contribution in [0.1, 0.15) is 29.0 Å². The average molecular weight is 313 g/mol. The maximum atomic E-state index is 12.5. The van der Waals surface area contributed by atoms with Crippen molar-refractivity contribution in [3.05, 3.63) is 41.7 Å². The van der Waals surface area contributed by atoms with Crippen molar-refractivity contribution in [2.24, 2.45) is 11.7 Å². The molecule has 23 heavy (non-hydrogen) atoms. The van der Waals surface area contributed by atoms with Gasteiger partial charge in [-0.15, -0.1) is 0 Å². The van der Waals surface area contributed by atoms with Gasteiger partial charge in [0.2, 0.25) is 11.7 Å². The molecule has 0 bridgehead atoms. The molecular formula is C17H19N3O3. The number of primary amides is 1. The van der Waals surface area contributed by atoms with Crippen LogP contribution in [-0.4, -0.2) is 35.0 Å². The number of aromatic nitrogens is 1. The SMILES string of the molecule is Cc1ccc(-c2cc(C(=O)N3CCC(C(N)=O)CC3)on2)cc1. The number of hydrogen-bond acceptors (Lipinski definition) is 4. The summed E-state index contributed by atoms with van der Waals surface area (Å²) in [6, 6.07) is 9.52. The molecule has 1 aromatic heterocycles. The van der Waals surface area contributed by atoms with Gasteiger partial charge in [0, 0.05) is 30.6 Å². The number of piperidine rings is 1. The Labute approximate surface area is 134 Å². The maximum absolute atomic E-state index is 12.5. The van der Waals surface area contributed by atoms with Crippen molar-refractivity contribution >= 4 is 11.8 Å². The molecule has 2 N–H and O–H groups in total. The zero-order valence-electron chi connectivity index (χ0n) is 13.0. The summed E-state index contributed by atoms with van der Waals surface area (Å²) < 4.78 is 5.21. The standard InChI is InChI=1S/C17H19N3O3/c1-11-2-4-12(5-3-11)14-10-15(23-19-14)17(22)20-8-6-13(7-9-20)16(18)21/h2-5,10,13H,6-9H2,1H3,(H2,18,21). The molecule has 6 heteroatoms. The van der Waals surface area contributed by atoms with Crippen LogP contribution in [0.4, 0.5) is 0 Å². The van der Waals surface area contributed by atoms with Crippen molar-refractivity contribution in [2.75, 3.05) is 13.1 Å². The second-order valence-corrected chi connectivity index (χ2v) is 5.91. The van der Waals surface area contributed by atoms with Crippen LogP contribution in [0.15, 0.2) is 34.9 Å². The molecule has 2 amide bonds. The van der Waals surface area contributed by atoms with Crippen molar-refractivity contribution in [1.29, 1.82) is 0 Å². The van der Waals surface area contributed by atoms with E-state index < -0.39 is 0 Å². The highest BCUT2D eigenvalue weighted by Crippen LogP contribution is 2.22. The molecule has 6 nitrogen and oxygen atoms in total. The van der Waals surface area contributed by atoms with Crippen molar-refractivity contribution < 1.29 is 14.1 Å². The van der Waals surface area contributed by atoms with E-state index in [1.165, 1.54) is 0 Å². The van der Waals surface area contributed by atoms with E-state index in [1.54, 1.807) is 11.0 Å². The molecule has 1 aromatic carbocycles. The van der Waals surface area contributed by atoms with E-state index in [-0.39, 0.29) is 23.5 Å². The molecule has 1 fully saturated rings. The maximum Gasteiger partial charge on any atom is 0.292 e. The first-order chi connectivity index (χ1) is 11.0. The van der Waals surface area contributed by atoms with Crippen LogP contribution in [0.2, 0.25) is 0 Å². The van der Waals surface area contributed by atoms with Crippen LogP contribution in [0.5, 0.6) is 0 Å². The zero-order chi connectivity index (χ0) is 16.4. The molecular weight excluding hydrogens is 294 g/mol. The quantitative estimate of drug-likeness (QED) is 0.938. The minimum Gasteiger partial charge on any atom is -0.369 e. The largest absolute Gasteiger partial charge is 0.369 e. The second-order valence-electron chi connectivity index (χ2n) is 5.91. The smallest absolute Gasteiger partial charge is 0.292 e. The first-order valence-electron chi connectivity index (χ1n) is 7.67. The summed E-state index contributed by atoms with van der Waals surface area (Å²) in [4.78, 5) is 25.3. The highest BCUT2D eigenvalue weighted by atomic mass is 16.5. The molecule has 0 unspecified atom stereocenters. The van der Waals surface area contributed by atoms with Gasteiger partial charge in [-0.25, -0.2) is 0 Å². The van der Waals surface area contributed by atoms with Gasteiger partial charge in [-0.05, 0) is 19.8 Å². The lowest BCUT2D eigenvalue weighted by Gasteiger charge is -2.29. The molecule has 2 aromatic rings. The molecule has 1 saturated heterocycles. The number of hydrogen-bond donors (Lipinski definition) is 1. The number of carbonyl (C=O) groups excluding carboxylic acids is 2. The fourth-order valence-corrected chi connectivity index (χ4v) is 2.76. The van der Waals surface area contributed by atoms with Crippen LogP contribution < -0.4 is 5.73 Å². The number of aryl methyl sites for hydroxylation is 1. The molecule has 0 spiro atoms. The predicted molar refractivity (Wildman–Crippen MR) is 84.5 cm³/mol. The Morgan fingerprint density at radius 2 is 1.87 bits per heavy atom. The van der Waals surface area contributed by atoms with E-state index in [1.807, 2.05) is 31.2 Å². The van der Waals surface area contributed by atoms with Crippen molar-refractivity contribution in [1.82, 2.24) is 10.1 Å². The number of carbonyl (C=O) groups is 2. The normalized spacial score (nSPS) is 15.6. The summed E-state index contributed by atoms with van der Waals surface area (Å²) in [7, 11) is 0. The average Bonchev–Trinajstić information content (AvgIpc) is 3.05. The Morgan fingerprint density at radius 3 is 2.48 bits per heavy atom. The Balaban J connectivity index is 1.69. The van der Waals surface area contributed by atoms with Gasteiger partial charge >= 0.3 is 0 Å². The van der Waals surface area contributed by atoms with Crippen LogP contribution in [0.3, 0.4) is 0 Å². The lowest BCUT2D eigenvalue weighted by Crippen LogP contribution is -2.41. The Hall–Kier alpha value is -2.63. The molecule has 1 aliphatic heterocycles. The molecule has 2 heterocycles. The first-order valence-corrected chi connectivity index (χ1v) is 7.67. The summed E-state index contributed by atoms with van der Waals surface area (Å²) in [5.74, 6) is -0.410. The van der Waals surface area contributed by atoms with Gasteiger partial charge in [-0.1, -0.05) is 35.0 Å². The number of benzene rings is 1. The van der Waals surface area contributed by atoms with Crippen LogP contribution >= 0.6 is 0 Å². The number of rotatable bonds is 3. The molecule has 120 valence electrons. The number of nitrogens with zero attached hydrogens (tertiary/aromatic N) is 2. The van der Waals surface area contributed by atoms with Gasteiger partial charge in [0.15, 0.2) is 0 Å². The summed E-state index contributed by atoms with van der Waals surface area (Å²) in [5, 5.41) is 3.98. The lowest BCUT2D eigenvalue weighted by molar-refractivity contribution is -0.123. The highest BCUT2D eigenvalue weighted by molar-refractivity contribution is 5.92. The molecule has 1 aliphatic rings. The van der Waals surface area contributed by atoms with E-state index in [4.69, 9.17) is 10.3 Å². The van der Waals surface area contributed by atoms with Crippen molar-refractivity contribution in [3.8, 4) is 11.3 Å². The van der Waals surface area contributed by atoms with Gasteiger partial charge in [-0.2, -0.15) is 0 Å². The van der Waals surface area contributed by atoms with Gasteiger partial charge in [-0.3, -0.25) is 9.59 Å². The van der Waals surface area contributed by atoms with Gasteiger partial charge in [0.05, 0.1) is 0 Å². The zero-order valence-corrected chi connectivity index (χ0v) is 13.0. The molecule has 0 atom stereocenters. The van der Waals surface area contributed by atoms with Gasteiger partial charge < -0.3 is 15.2 Å². The van der Waals surface area contributed by atoms with Crippen molar-refractivity contribution in [2.45, 2.75) is 19.8 Å².